The number of amides is 1. The first-order valence-electron chi connectivity index (χ1n) is 8.85. The Morgan fingerprint density at radius 1 is 1.00 bits per heavy atom. The van der Waals surface area contributed by atoms with Crippen molar-refractivity contribution in [3.05, 3.63) is 71.8 Å². The van der Waals surface area contributed by atoms with Crippen LogP contribution in [0.2, 0.25) is 0 Å². The zero-order chi connectivity index (χ0) is 18.5. The number of nitrogens with zero attached hydrogens (tertiary/aromatic N) is 1. The largest absolute Gasteiger partial charge is 0.481 e. The third-order valence-corrected chi connectivity index (χ3v) is 5.03. The van der Waals surface area contributed by atoms with E-state index in [4.69, 9.17) is 0 Å². The highest BCUT2D eigenvalue weighted by molar-refractivity contribution is 5.79. The van der Waals surface area contributed by atoms with Gasteiger partial charge in [0, 0.05) is 25.4 Å². The van der Waals surface area contributed by atoms with Crippen molar-refractivity contribution in [3.63, 3.8) is 0 Å². The summed E-state index contributed by atoms with van der Waals surface area (Å²) in [5, 5.41) is 19.1. The quantitative estimate of drug-likeness (QED) is 0.866. The molecule has 5 nitrogen and oxygen atoms in total. The van der Waals surface area contributed by atoms with Crippen molar-refractivity contribution < 1.29 is 19.8 Å². The Bertz CT molecular complexity index is 708. The van der Waals surface area contributed by atoms with E-state index in [9.17, 15) is 19.8 Å². The predicted molar refractivity (Wildman–Crippen MR) is 97.7 cm³/mol. The molecule has 0 bridgehead atoms. The standard InChI is InChI=1S/C21H23NO4/c23-19-11-12-22(14-18(19)21(25)26)20(24)13-17(15-7-3-1-4-8-15)16-9-5-2-6-10-16/h1-10,17-19,23H,11-14H2,(H,25,26)/t18-,19-/m0/s1. The van der Waals surface area contributed by atoms with Crippen molar-refractivity contribution in [2.75, 3.05) is 13.1 Å². The molecule has 2 atom stereocenters. The fourth-order valence-corrected chi connectivity index (χ4v) is 3.51. The maximum absolute atomic E-state index is 12.9. The second kappa shape index (κ2) is 8.15. The first-order chi connectivity index (χ1) is 12.6. The number of hydrogen-bond acceptors (Lipinski definition) is 3. The van der Waals surface area contributed by atoms with E-state index < -0.39 is 18.0 Å². The van der Waals surface area contributed by atoms with Crippen molar-refractivity contribution in [2.45, 2.75) is 24.9 Å². The number of aliphatic hydroxyl groups excluding tert-OH is 1. The molecular formula is C21H23NO4. The minimum atomic E-state index is -1.06. The van der Waals surface area contributed by atoms with Crippen LogP contribution < -0.4 is 0 Å². The molecule has 136 valence electrons. The average molecular weight is 353 g/mol. The van der Waals surface area contributed by atoms with E-state index in [0.29, 0.717) is 13.0 Å². The van der Waals surface area contributed by atoms with E-state index in [1.165, 1.54) is 0 Å². The van der Waals surface area contributed by atoms with Gasteiger partial charge in [0.25, 0.3) is 0 Å². The van der Waals surface area contributed by atoms with E-state index in [2.05, 4.69) is 0 Å². The van der Waals surface area contributed by atoms with Gasteiger partial charge in [0.2, 0.25) is 5.91 Å². The fraction of sp³-hybridized carbons (Fsp3) is 0.333. The Morgan fingerprint density at radius 2 is 1.54 bits per heavy atom. The van der Waals surface area contributed by atoms with Gasteiger partial charge >= 0.3 is 5.97 Å². The molecule has 2 aromatic rings. The maximum atomic E-state index is 12.9. The maximum Gasteiger partial charge on any atom is 0.310 e. The molecule has 1 heterocycles. The van der Waals surface area contributed by atoms with Gasteiger partial charge in [0.15, 0.2) is 0 Å². The van der Waals surface area contributed by atoms with Crippen LogP contribution in [0.25, 0.3) is 0 Å². The number of carbonyl (C=O) groups excluding carboxylic acids is 1. The van der Waals surface area contributed by atoms with E-state index in [0.717, 1.165) is 11.1 Å². The molecule has 0 unspecified atom stereocenters. The summed E-state index contributed by atoms with van der Waals surface area (Å²) in [7, 11) is 0. The minimum absolute atomic E-state index is 0.0611. The monoisotopic (exact) mass is 353 g/mol. The molecule has 2 aromatic carbocycles. The summed E-state index contributed by atoms with van der Waals surface area (Å²) in [5.41, 5.74) is 2.11. The second-order valence-electron chi connectivity index (χ2n) is 6.72. The summed E-state index contributed by atoms with van der Waals surface area (Å²) in [4.78, 5) is 25.8. The van der Waals surface area contributed by atoms with Crippen molar-refractivity contribution >= 4 is 11.9 Å². The van der Waals surface area contributed by atoms with Gasteiger partial charge in [0.1, 0.15) is 5.92 Å². The number of carboxylic acid groups (broad SMARTS) is 1. The normalized spacial score (nSPS) is 20.2. The smallest absolute Gasteiger partial charge is 0.310 e. The van der Waals surface area contributed by atoms with Crippen LogP contribution in [0.5, 0.6) is 0 Å². The summed E-state index contributed by atoms with van der Waals surface area (Å²) in [5.74, 6) is -2.14. The number of benzene rings is 2. The molecule has 1 aliphatic heterocycles. The first kappa shape index (κ1) is 18.1. The Labute approximate surface area is 152 Å². The van der Waals surface area contributed by atoms with Crippen LogP contribution in [-0.4, -0.2) is 46.2 Å². The van der Waals surface area contributed by atoms with Gasteiger partial charge in [0.05, 0.1) is 6.10 Å². The Kier molecular flexibility index (Phi) is 5.68. The van der Waals surface area contributed by atoms with Crippen molar-refractivity contribution in [1.82, 2.24) is 4.90 Å². The SMILES string of the molecule is O=C(O)[C@H]1CN(C(=O)CC(c2ccccc2)c2ccccc2)CC[C@@H]1O. The molecule has 0 spiro atoms. The highest BCUT2D eigenvalue weighted by atomic mass is 16.4. The number of rotatable bonds is 5. The van der Waals surface area contributed by atoms with Crippen LogP contribution in [0.15, 0.2) is 60.7 Å². The number of likely N-dealkylation sites (tertiary alicyclic amines) is 1. The topological polar surface area (TPSA) is 77.8 Å². The molecule has 5 heteroatoms. The molecule has 0 aromatic heterocycles. The third-order valence-electron chi connectivity index (χ3n) is 5.03. The molecule has 0 aliphatic carbocycles. The molecule has 0 radical (unpaired) electrons. The van der Waals surface area contributed by atoms with Crippen LogP contribution in [-0.2, 0) is 9.59 Å². The van der Waals surface area contributed by atoms with Crippen LogP contribution in [0.3, 0.4) is 0 Å². The van der Waals surface area contributed by atoms with Gasteiger partial charge in [-0.15, -0.1) is 0 Å². The first-order valence-corrected chi connectivity index (χ1v) is 8.85. The number of aliphatic hydroxyl groups is 1. The van der Waals surface area contributed by atoms with Crippen LogP contribution in [0.1, 0.15) is 29.9 Å². The fourth-order valence-electron chi connectivity index (χ4n) is 3.51. The number of carbonyl (C=O) groups is 2. The molecule has 1 aliphatic rings. The van der Waals surface area contributed by atoms with Crippen molar-refractivity contribution in [3.8, 4) is 0 Å². The number of hydrogen-bond donors (Lipinski definition) is 2. The van der Waals surface area contributed by atoms with Crippen LogP contribution in [0.4, 0.5) is 0 Å². The zero-order valence-electron chi connectivity index (χ0n) is 14.5. The lowest BCUT2D eigenvalue weighted by Crippen LogP contribution is -2.49. The lowest BCUT2D eigenvalue weighted by molar-refractivity contribution is -0.151. The highest BCUT2D eigenvalue weighted by Gasteiger charge is 2.35. The van der Waals surface area contributed by atoms with E-state index >= 15 is 0 Å². The Morgan fingerprint density at radius 3 is 2.04 bits per heavy atom. The molecular weight excluding hydrogens is 330 g/mol. The van der Waals surface area contributed by atoms with E-state index in [-0.39, 0.29) is 24.8 Å². The summed E-state index contributed by atoms with van der Waals surface area (Å²) in [6.45, 7) is 0.450. The zero-order valence-corrected chi connectivity index (χ0v) is 14.5. The summed E-state index contributed by atoms with van der Waals surface area (Å²) in [6.07, 6.45) is -0.323. The average Bonchev–Trinajstić information content (AvgIpc) is 2.67. The van der Waals surface area contributed by atoms with Gasteiger partial charge in [-0.25, -0.2) is 0 Å². The summed E-state index contributed by atoms with van der Waals surface area (Å²) >= 11 is 0. The minimum Gasteiger partial charge on any atom is -0.481 e. The molecule has 1 amide bonds. The van der Waals surface area contributed by atoms with Gasteiger partial charge in [-0.3, -0.25) is 9.59 Å². The lowest BCUT2D eigenvalue weighted by atomic mass is 9.87. The van der Waals surface area contributed by atoms with E-state index in [1.807, 2.05) is 60.7 Å². The van der Waals surface area contributed by atoms with Gasteiger partial charge in [-0.1, -0.05) is 60.7 Å². The summed E-state index contributed by atoms with van der Waals surface area (Å²) < 4.78 is 0. The van der Waals surface area contributed by atoms with Gasteiger partial charge in [-0.05, 0) is 17.5 Å². The van der Waals surface area contributed by atoms with Crippen LogP contribution in [0, 0.1) is 5.92 Å². The van der Waals surface area contributed by atoms with Gasteiger partial charge in [-0.2, -0.15) is 0 Å². The molecule has 1 saturated heterocycles. The van der Waals surface area contributed by atoms with Crippen molar-refractivity contribution in [2.24, 2.45) is 5.92 Å². The van der Waals surface area contributed by atoms with E-state index in [1.54, 1.807) is 4.90 Å². The van der Waals surface area contributed by atoms with Gasteiger partial charge < -0.3 is 15.1 Å². The second-order valence-corrected chi connectivity index (χ2v) is 6.72. The molecule has 0 saturated carbocycles. The Hall–Kier alpha value is -2.66. The van der Waals surface area contributed by atoms with Crippen molar-refractivity contribution in [1.29, 1.82) is 0 Å². The lowest BCUT2D eigenvalue weighted by Gasteiger charge is -2.35. The molecule has 2 N–H and O–H groups in total. The number of aliphatic carboxylic acids is 1. The predicted octanol–water partition coefficient (Wildman–Crippen LogP) is 2.50. The number of piperidine rings is 1. The molecule has 1 fully saturated rings. The molecule has 3 rings (SSSR count). The molecule has 26 heavy (non-hydrogen) atoms. The summed E-state index contributed by atoms with van der Waals surface area (Å²) in [6, 6.07) is 19.7. The highest BCUT2D eigenvalue weighted by Crippen LogP contribution is 2.29. The third kappa shape index (κ3) is 4.11. The number of carboxylic acids is 1. The van der Waals surface area contributed by atoms with Crippen LogP contribution >= 0.6 is 0 Å². The Balaban J connectivity index is 1.79.